The number of carbonyl (C=O) groups is 2. The Bertz CT molecular complexity index is 576. The van der Waals surface area contributed by atoms with Crippen LogP contribution in [0.5, 0.6) is 0 Å². The fraction of sp³-hybridized carbons (Fsp3) is 0.737. The molecule has 0 spiro atoms. The Hall–Kier alpha value is -2.07. The first-order valence-corrected chi connectivity index (χ1v) is 9.44. The van der Waals surface area contributed by atoms with Crippen molar-refractivity contribution in [2.24, 2.45) is 5.92 Å². The van der Waals surface area contributed by atoms with Crippen LogP contribution >= 0.6 is 0 Å². The molecule has 0 aromatic rings. The molecule has 1 unspecified atom stereocenters. The fourth-order valence-corrected chi connectivity index (χ4v) is 3.63. The van der Waals surface area contributed by atoms with E-state index in [9.17, 15) is 14.9 Å². The molecule has 2 fully saturated rings. The molecule has 2 rings (SSSR count). The Morgan fingerprint density at radius 1 is 1.27 bits per heavy atom. The summed E-state index contributed by atoms with van der Waals surface area (Å²) in [5.74, 6) is -0.624. The van der Waals surface area contributed by atoms with Gasteiger partial charge in [0.2, 0.25) is 0 Å². The maximum absolute atomic E-state index is 12.7. The van der Waals surface area contributed by atoms with E-state index in [1.165, 1.54) is 0 Å². The molecule has 2 aliphatic heterocycles. The molecule has 1 amide bonds. The Morgan fingerprint density at radius 3 is 2.58 bits per heavy atom. The van der Waals surface area contributed by atoms with E-state index in [0.29, 0.717) is 13.2 Å². The molecule has 0 bridgehead atoms. The van der Waals surface area contributed by atoms with Gasteiger partial charge in [0.15, 0.2) is 0 Å². The summed E-state index contributed by atoms with van der Waals surface area (Å²) in [6.45, 7) is 5.32. The van der Waals surface area contributed by atoms with Gasteiger partial charge < -0.3 is 19.4 Å². The molecule has 1 atom stereocenters. The minimum absolute atomic E-state index is 0.135. The Kier molecular flexibility index (Phi) is 7.46. The van der Waals surface area contributed by atoms with Gasteiger partial charge in [-0.1, -0.05) is 0 Å². The first kappa shape index (κ1) is 20.2. The van der Waals surface area contributed by atoms with Gasteiger partial charge >= 0.3 is 5.97 Å². The molecule has 0 aromatic carbocycles. The molecule has 2 saturated heterocycles. The number of likely N-dealkylation sites (tertiary alicyclic amines) is 2. The first-order valence-electron chi connectivity index (χ1n) is 9.44. The van der Waals surface area contributed by atoms with Crippen molar-refractivity contribution in [3.63, 3.8) is 0 Å². The predicted molar refractivity (Wildman–Crippen MR) is 97.9 cm³/mol. The minimum atomic E-state index is -0.236. The molecule has 7 nitrogen and oxygen atoms in total. The number of hydrogen-bond donors (Lipinski definition) is 0. The molecule has 0 saturated carbocycles. The summed E-state index contributed by atoms with van der Waals surface area (Å²) in [5, 5.41) is 9.48. The molecule has 26 heavy (non-hydrogen) atoms. The number of hydrogen-bond acceptors (Lipinski definition) is 6. The van der Waals surface area contributed by atoms with E-state index in [1.54, 1.807) is 25.1 Å². The maximum atomic E-state index is 12.7. The number of amides is 1. The Balaban J connectivity index is 2.00. The van der Waals surface area contributed by atoms with Crippen molar-refractivity contribution in [1.29, 1.82) is 5.26 Å². The van der Waals surface area contributed by atoms with Gasteiger partial charge in [0.05, 0.1) is 12.5 Å². The van der Waals surface area contributed by atoms with Gasteiger partial charge in [-0.15, -0.1) is 0 Å². The highest BCUT2D eigenvalue weighted by Gasteiger charge is 2.29. The minimum Gasteiger partial charge on any atom is -0.466 e. The van der Waals surface area contributed by atoms with Gasteiger partial charge in [0.25, 0.3) is 5.91 Å². The third kappa shape index (κ3) is 5.21. The van der Waals surface area contributed by atoms with Crippen LogP contribution in [0.4, 0.5) is 0 Å². The van der Waals surface area contributed by atoms with Gasteiger partial charge in [-0.2, -0.15) is 5.26 Å². The van der Waals surface area contributed by atoms with Gasteiger partial charge in [0.1, 0.15) is 11.6 Å². The van der Waals surface area contributed by atoms with E-state index < -0.39 is 0 Å². The second kappa shape index (κ2) is 9.58. The number of piperidine rings is 2. The van der Waals surface area contributed by atoms with Crippen LogP contribution in [0.15, 0.2) is 11.8 Å². The van der Waals surface area contributed by atoms with Gasteiger partial charge in [-0.3, -0.25) is 9.59 Å². The molecule has 0 radical (unpaired) electrons. The summed E-state index contributed by atoms with van der Waals surface area (Å²) >= 11 is 0. The second-order valence-corrected chi connectivity index (χ2v) is 7.19. The molecule has 2 heterocycles. The first-order chi connectivity index (χ1) is 12.5. The van der Waals surface area contributed by atoms with E-state index in [4.69, 9.17) is 4.74 Å². The van der Waals surface area contributed by atoms with Crippen molar-refractivity contribution in [3.8, 4) is 6.07 Å². The van der Waals surface area contributed by atoms with Gasteiger partial charge in [-0.05, 0) is 52.7 Å². The van der Waals surface area contributed by atoms with Crippen LogP contribution in [0.2, 0.25) is 0 Å². The van der Waals surface area contributed by atoms with Gasteiger partial charge in [0, 0.05) is 32.4 Å². The van der Waals surface area contributed by atoms with Crippen LogP contribution in [0.3, 0.4) is 0 Å². The van der Waals surface area contributed by atoms with Crippen molar-refractivity contribution in [2.45, 2.75) is 38.6 Å². The van der Waals surface area contributed by atoms with E-state index in [0.717, 1.165) is 45.3 Å². The van der Waals surface area contributed by atoms with Crippen LogP contribution in [0.25, 0.3) is 0 Å². The molecule has 2 aliphatic rings. The van der Waals surface area contributed by atoms with Crippen molar-refractivity contribution < 1.29 is 14.3 Å². The standard InChI is InChI=1S/C19H30N4O3/c1-4-26-19(25)15-6-5-9-23(13-15)14-16(12-20)18(24)22(3)17-7-10-21(2)11-8-17/h14-15,17H,4-11,13H2,1-3H3/b16-14-. The molecular formula is C19H30N4O3. The van der Waals surface area contributed by atoms with Crippen LogP contribution < -0.4 is 0 Å². The zero-order valence-corrected chi connectivity index (χ0v) is 16.1. The molecular weight excluding hydrogens is 332 g/mol. The van der Waals surface area contributed by atoms with Crippen LogP contribution in [0, 0.1) is 17.2 Å². The third-order valence-electron chi connectivity index (χ3n) is 5.29. The Labute approximate surface area is 156 Å². The molecule has 7 heteroatoms. The van der Waals surface area contributed by atoms with E-state index >= 15 is 0 Å². The smallest absolute Gasteiger partial charge is 0.310 e. The van der Waals surface area contributed by atoms with E-state index in [2.05, 4.69) is 11.9 Å². The zero-order chi connectivity index (χ0) is 19.1. The molecule has 0 aliphatic carbocycles. The summed E-state index contributed by atoms with van der Waals surface area (Å²) in [4.78, 5) is 30.6. The number of nitrogens with zero attached hydrogens (tertiary/aromatic N) is 4. The highest BCUT2D eigenvalue weighted by Crippen LogP contribution is 2.20. The normalized spacial score (nSPS) is 22.6. The lowest BCUT2D eigenvalue weighted by molar-refractivity contribution is -0.149. The highest BCUT2D eigenvalue weighted by atomic mass is 16.5. The number of carbonyl (C=O) groups excluding carboxylic acids is 2. The number of likely N-dealkylation sites (N-methyl/N-ethyl adjacent to an activating group) is 1. The zero-order valence-electron chi connectivity index (χ0n) is 16.1. The fourth-order valence-electron chi connectivity index (χ4n) is 3.63. The molecule has 0 aromatic heterocycles. The van der Waals surface area contributed by atoms with Gasteiger partial charge in [-0.25, -0.2) is 0 Å². The largest absolute Gasteiger partial charge is 0.466 e. The van der Waals surface area contributed by atoms with Crippen molar-refractivity contribution in [1.82, 2.24) is 14.7 Å². The average molecular weight is 362 g/mol. The maximum Gasteiger partial charge on any atom is 0.310 e. The number of nitriles is 1. The van der Waals surface area contributed by atoms with Crippen LogP contribution in [-0.2, 0) is 14.3 Å². The second-order valence-electron chi connectivity index (χ2n) is 7.19. The topological polar surface area (TPSA) is 76.9 Å². The number of ether oxygens (including phenoxy) is 1. The summed E-state index contributed by atoms with van der Waals surface area (Å²) < 4.78 is 5.10. The van der Waals surface area contributed by atoms with Crippen molar-refractivity contribution in [2.75, 3.05) is 46.9 Å². The summed E-state index contributed by atoms with van der Waals surface area (Å²) in [6.07, 6.45) is 5.10. The average Bonchev–Trinajstić information content (AvgIpc) is 2.66. The van der Waals surface area contributed by atoms with E-state index in [1.807, 2.05) is 11.0 Å². The summed E-state index contributed by atoms with van der Waals surface area (Å²) in [7, 11) is 3.86. The molecule has 144 valence electrons. The lowest BCUT2D eigenvalue weighted by Gasteiger charge is -2.35. The lowest BCUT2D eigenvalue weighted by atomic mass is 9.98. The third-order valence-corrected chi connectivity index (χ3v) is 5.29. The number of esters is 1. The lowest BCUT2D eigenvalue weighted by Crippen LogP contribution is -2.45. The predicted octanol–water partition coefficient (Wildman–Crippen LogP) is 1.22. The van der Waals surface area contributed by atoms with Crippen LogP contribution in [-0.4, -0.2) is 79.5 Å². The van der Waals surface area contributed by atoms with Crippen LogP contribution in [0.1, 0.15) is 32.6 Å². The SMILES string of the molecule is CCOC(=O)C1CCCN(/C=C(/C#N)C(=O)N(C)C2CCN(C)CC2)C1. The quantitative estimate of drug-likeness (QED) is 0.416. The molecule has 0 N–H and O–H groups in total. The van der Waals surface area contributed by atoms with Crippen molar-refractivity contribution >= 4 is 11.9 Å². The monoisotopic (exact) mass is 362 g/mol. The highest BCUT2D eigenvalue weighted by molar-refractivity contribution is 5.97. The summed E-state index contributed by atoms with van der Waals surface area (Å²) in [6, 6.07) is 2.22. The number of rotatable bonds is 5. The van der Waals surface area contributed by atoms with E-state index in [-0.39, 0.29) is 29.4 Å². The summed E-state index contributed by atoms with van der Waals surface area (Å²) in [5.41, 5.74) is 0.135. The Morgan fingerprint density at radius 2 is 1.96 bits per heavy atom. The van der Waals surface area contributed by atoms with Crippen molar-refractivity contribution in [3.05, 3.63) is 11.8 Å².